The molecule has 0 saturated carbocycles. The first kappa shape index (κ1) is 11.8. The zero-order valence-electron chi connectivity index (χ0n) is 8.73. The number of rotatable bonds is 4. The van der Waals surface area contributed by atoms with E-state index in [2.05, 4.69) is 0 Å². The average Bonchev–Trinajstić information content (AvgIpc) is 2.20. The predicted octanol–water partition coefficient (Wildman–Crippen LogP) is 1.34. The van der Waals surface area contributed by atoms with Gasteiger partial charge in [0.05, 0.1) is 12.9 Å². The van der Waals surface area contributed by atoms with Gasteiger partial charge in [-0.2, -0.15) is 0 Å². The Hall–Kier alpha value is -1.23. The van der Waals surface area contributed by atoms with Gasteiger partial charge in [0.2, 0.25) is 0 Å². The van der Waals surface area contributed by atoms with E-state index >= 15 is 0 Å². The normalized spacial score (nSPS) is 11.3. The van der Waals surface area contributed by atoms with Crippen molar-refractivity contribution in [3.8, 4) is 11.5 Å². The Balaban J connectivity index is 2.98. The molecule has 1 N–H and O–H groups in total. The Bertz CT molecular complexity index is 437. The van der Waals surface area contributed by atoms with Gasteiger partial charge in [0, 0.05) is 5.75 Å². The van der Waals surface area contributed by atoms with Gasteiger partial charge in [-0.05, 0) is 17.7 Å². The summed E-state index contributed by atoms with van der Waals surface area (Å²) in [6.45, 7) is 1.60. The molecule has 0 saturated heterocycles. The minimum absolute atomic E-state index is 0.00939. The lowest BCUT2D eigenvalue weighted by Gasteiger charge is -2.06. The molecule has 0 heterocycles. The largest absolute Gasteiger partial charge is 0.504 e. The first-order valence-corrected chi connectivity index (χ1v) is 6.37. The Morgan fingerprint density at radius 1 is 1.40 bits per heavy atom. The quantitative estimate of drug-likeness (QED) is 0.847. The first-order valence-electron chi connectivity index (χ1n) is 4.55. The van der Waals surface area contributed by atoms with Crippen LogP contribution in [0.4, 0.5) is 0 Å². The summed E-state index contributed by atoms with van der Waals surface area (Å²) in [4.78, 5) is 0. The van der Waals surface area contributed by atoms with Gasteiger partial charge in [-0.1, -0.05) is 13.0 Å². The molecule has 1 rings (SSSR count). The maximum atomic E-state index is 11.3. The summed E-state index contributed by atoms with van der Waals surface area (Å²) in [5.74, 6) is 0.380. The maximum Gasteiger partial charge on any atom is 0.160 e. The molecule has 15 heavy (non-hydrogen) atoms. The smallest absolute Gasteiger partial charge is 0.160 e. The third-order valence-electron chi connectivity index (χ3n) is 2.07. The van der Waals surface area contributed by atoms with Crippen LogP contribution in [0, 0.1) is 0 Å². The minimum atomic E-state index is -3.05. The Kier molecular flexibility index (Phi) is 3.57. The summed E-state index contributed by atoms with van der Waals surface area (Å²) < 4.78 is 27.6. The van der Waals surface area contributed by atoms with Crippen molar-refractivity contribution in [3.63, 3.8) is 0 Å². The number of methoxy groups -OCH3 is 1. The van der Waals surface area contributed by atoms with Crippen molar-refractivity contribution >= 4 is 9.84 Å². The lowest BCUT2D eigenvalue weighted by molar-refractivity contribution is 0.373. The molecule has 0 unspecified atom stereocenters. The van der Waals surface area contributed by atoms with Gasteiger partial charge in [-0.3, -0.25) is 0 Å². The van der Waals surface area contributed by atoms with Crippen molar-refractivity contribution < 1.29 is 18.3 Å². The van der Waals surface area contributed by atoms with Crippen LogP contribution < -0.4 is 4.74 Å². The highest BCUT2D eigenvalue weighted by atomic mass is 32.2. The molecule has 84 valence electrons. The number of phenolic OH excluding ortho intramolecular Hbond substituents is 1. The summed E-state index contributed by atoms with van der Waals surface area (Å²) in [5.41, 5.74) is 0.617. The highest BCUT2D eigenvalue weighted by Gasteiger charge is 2.10. The molecule has 1 aromatic rings. The Morgan fingerprint density at radius 3 is 2.60 bits per heavy atom. The molecule has 4 nitrogen and oxygen atoms in total. The number of phenols is 1. The zero-order chi connectivity index (χ0) is 11.5. The summed E-state index contributed by atoms with van der Waals surface area (Å²) in [6, 6.07) is 4.53. The van der Waals surface area contributed by atoms with Gasteiger partial charge in [0.25, 0.3) is 0 Å². The highest BCUT2D eigenvalue weighted by Crippen LogP contribution is 2.26. The summed E-state index contributed by atoms with van der Waals surface area (Å²) in [5, 5.41) is 9.32. The molecule has 0 aromatic heterocycles. The van der Waals surface area contributed by atoms with Crippen LogP contribution >= 0.6 is 0 Å². The third kappa shape index (κ3) is 3.13. The molecule has 0 fully saturated rings. The van der Waals surface area contributed by atoms with Crippen LogP contribution in [-0.2, 0) is 15.6 Å². The molecule has 1 aromatic carbocycles. The van der Waals surface area contributed by atoms with Crippen molar-refractivity contribution in [2.24, 2.45) is 0 Å². The van der Waals surface area contributed by atoms with Crippen molar-refractivity contribution in [1.82, 2.24) is 0 Å². The van der Waals surface area contributed by atoms with E-state index in [1.807, 2.05) is 0 Å². The van der Waals surface area contributed by atoms with Gasteiger partial charge in [0.15, 0.2) is 21.3 Å². The van der Waals surface area contributed by atoms with E-state index in [-0.39, 0.29) is 17.3 Å². The fourth-order valence-electron chi connectivity index (χ4n) is 1.17. The van der Waals surface area contributed by atoms with E-state index in [1.165, 1.54) is 19.2 Å². The SMILES string of the molecule is CCS(=O)(=O)Cc1ccc(O)c(OC)c1. The maximum absolute atomic E-state index is 11.3. The Morgan fingerprint density at radius 2 is 2.07 bits per heavy atom. The van der Waals surface area contributed by atoms with Gasteiger partial charge in [-0.15, -0.1) is 0 Å². The molecular formula is C10H14O4S. The second-order valence-corrected chi connectivity index (χ2v) is 5.54. The summed E-state index contributed by atoms with van der Waals surface area (Å²) in [7, 11) is -1.62. The van der Waals surface area contributed by atoms with Crippen LogP contribution in [-0.4, -0.2) is 26.4 Å². The first-order chi connectivity index (χ1) is 6.98. The number of sulfone groups is 1. The van der Waals surface area contributed by atoms with Crippen LogP contribution in [0.3, 0.4) is 0 Å². The summed E-state index contributed by atoms with van der Waals surface area (Å²) >= 11 is 0. The Labute approximate surface area is 89.4 Å². The zero-order valence-corrected chi connectivity index (χ0v) is 9.54. The van der Waals surface area contributed by atoms with E-state index in [0.29, 0.717) is 11.3 Å². The van der Waals surface area contributed by atoms with Gasteiger partial charge >= 0.3 is 0 Å². The fraction of sp³-hybridized carbons (Fsp3) is 0.400. The van der Waals surface area contributed by atoms with E-state index in [4.69, 9.17) is 4.74 Å². The van der Waals surface area contributed by atoms with E-state index < -0.39 is 9.84 Å². The number of ether oxygens (including phenoxy) is 1. The van der Waals surface area contributed by atoms with Crippen molar-refractivity contribution in [2.45, 2.75) is 12.7 Å². The molecule has 0 aliphatic rings. The molecule has 0 atom stereocenters. The fourth-order valence-corrected chi connectivity index (χ4v) is 2.06. The van der Waals surface area contributed by atoms with E-state index in [0.717, 1.165) is 0 Å². The molecular weight excluding hydrogens is 216 g/mol. The average molecular weight is 230 g/mol. The molecule has 0 spiro atoms. The summed E-state index contributed by atoms with van der Waals surface area (Å²) in [6.07, 6.45) is 0. The number of hydrogen-bond donors (Lipinski definition) is 1. The number of aromatic hydroxyl groups is 1. The van der Waals surface area contributed by atoms with E-state index in [1.54, 1.807) is 13.0 Å². The lowest BCUT2D eigenvalue weighted by Crippen LogP contribution is -2.06. The van der Waals surface area contributed by atoms with Crippen LogP contribution in [0.5, 0.6) is 11.5 Å². The molecule has 0 aliphatic carbocycles. The lowest BCUT2D eigenvalue weighted by atomic mass is 10.2. The topological polar surface area (TPSA) is 63.6 Å². The second-order valence-electron chi connectivity index (χ2n) is 3.18. The van der Waals surface area contributed by atoms with E-state index in [9.17, 15) is 13.5 Å². The van der Waals surface area contributed by atoms with Gasteiger partial charge < -0.3 is 9.84 Å². The van der Waals surface area contributed by atoms with Crippen molar-refractivity contribution in [3.05, 3.63) is 23.8 Å². The third-order valence-corrected chi connectivity index (χ3v) is 3.72. The second kappa shape index (κ2) is 4.53. The van der Waals surface area contributed by atoms with Crippen LogP contribution in [0.1, 0.15) is 12.5 Å². The van der Waals surface area contributed by atoms with Gasteiger partial charge in [0.1, 0.15) is 0 Å². The number of hydrogen-bond acceptors (Lipinski definition) is 4. The van der Waals surface area contributed by atoms with Gasteiger partial charge in [-0.25, -0.2) is 8.42 Å². The van der Waals surface area contributed by atoms with Crippen molar-refractivity contribution in [1.29, 1.82) is 0 Å². The molecule has 0 aliphatic heterocycles. The van der Waals surface area contributed by atoms with Crippen LogP contribution in [0.2, 0.25) is 0 Å². The number of benzene rings is 1. The highest BCUT2D eigenvalue weighted by molar-refractivity contribution is 7.90. The van der Waals surface area contributed by atoms with Crippen LogP contribution in [0.25, 0.3) is 0 Å². The molecule has 0 amide bonds. The standard InChI is InChI=1S/C10H14O4S/c1-3-15(12,13)7-8-4-5-9(11)10(6-8)14-2/h4-6,11H,3,7H2,1-2H3. The van der Waals surface area contributed by atoms with Crippen LogP contribution in [0.15, 0.2) is 18.2 Å². The predicted molar refractivity (Wildman–Crippen MR) is 57.8 cm³/mol. The molecule has 0 radical (unpaired) electrons. The minimum Gasteiger partial charge on any atom is -0.504 e. The monoisotopic (exact) mass is 230 g/mol. The molecule has 5 heteroatoms. The van der Waals surface area contributed by atoms with Crippen molar-refractivity contribution in [2.75, 3.05) is 12.9 Å². The molecule has 0 bridgehead atoms.